The summed E-state index contributed by atoms with van der Waals surface area (Å²) in [5.74, 6) is 3.78. The topological polar surface area (TPSA) is 0 Å². The summed E-state index contributed by atoms with van der Waals surface area (Å²) in [6.45, 7) is 5.47. The summed E-state index contributed by atoms with van der Waals surface area (Å²) in [5, 5.41) is 0. The maximum atomic E-state index is 2.73. The first-order valence-corrected chi connectivity index (χ1v) is 14.1. The summed E-state index contributed by atoms with van der Waals surface area (Å²) in [6, 6.07) is 11.5. The van der Waals surface area contributed by atoms with Crippen molar-refractivity contribution in [2.75, 3.05) is 0 Å². The van der Waals surface area contributed by atoms with Gasteiger partial charge in [0, 0.05) is 0 Å². The molecule has 7 unspecified atom stereocenters. The lowest BCUT2D eigenvalue weighted by Gasteiger charge is -2.42. The lowest BCUT2D eigenvalue weighted by atomic mass is 9.82. The van der Waals surface area contributed by atoms with Gasteiger partial charge in [-0.2, -0.15) is 0 Å². The molecule has 27 heavy (non-hydrogen) atoms. The number of rotatable bonds is 3. The van der Waals surface area contributed by atoms with Crippen LogP contribution in [0.2, 0.25) is 24.2 Å². The van der Waals surface area contributed by atoms with Crippen LogP contribution in [0, 0.1) is 23.7 Å². The van der Waals surface area contributed by atoms with Crippen molar-refractivity contribution >= 4 is 8.07 Å². The van der Waals surface area contributed by atoms with Crippen LogP contribution < -0.4 is 0 Å². The molecular formula is C26H32Si. The van der Waals surface area contributed by atoms with Crippen molar-refractivity contribution in [2.24, 2.45) is 23.7 Å². The molecular weight excluding hydrogens is 340 g/mol. The highest BCUT2D eigenvalue weighted by atomic mass is 28.3. The van der Waals surface area contributed by atoms with Gasteiger partial charge < -0.3 is 0 Å². The summed E-state index contributed by atoms with van der Waals surface area (Å²) >= 11 is 0. The molecule has 0 bridgehead atoms. The van der Waals surface area contributed by atoms with E-state index in [9.17, 15) is 0 Å². The van der Waals surface area contributed by atoms with E-state index < -0.39 is 8.07 Å². The smallest absolute Gasteiger partial charge is 0.0548 e. The number of allylic oxidation sites excluding steroid dienone is 8. The zero-order chi connectivity index (χ0) is 18.4. The lowest BCUT2D eigenvalue weighted by molar-refractivity contribution is 0.504. The predicted octanol–water partition coefficient (Wildman–Crippen LogP) is 7.13. The molecule has 140 valence electrons. The fourth-order valence-corrected chi connectivity index (χ4v) is 12.0. The van der Waals surface area contributed by atoms with Crippen molar-refractivity contribution in [3.05, 3.63) is 84.5 Å². The van der Waals surface area contributed by atoms with E-state index in [0.29, 0.717) is 11.8 Å². The maximum Gasteiger partial charge on any atom is 0.0548 e. The molecule has 7 atom stereocenters. The van der Waals surface area contributed by atoms with Gasteiger partial charge in [0.1, 0.15) is 0 Å². The van der Waals surface area contributed by atoms with Crippen LogP contribution in [0.5, 0.6) is 0 Å². The number of hydrogen-bond acceptors (Lipinski definition) is 0. The molecule has 4 aliphatic carbocycles. The predicted molar refractivity (Wildman–Crippen MR) is 119 cm³/mol. The van der Waals surface area contributed by atoms with E-state index >= 15 is 0 Å². The van der Waals surface area contributed by atoms with Gasteiger partial charge in [-0.15, -0.1) is 0 Å². The highest BCUT2D eigenvalue weighted by Crippen LogP contribution is 2.62. The number of fused-ring (bicyclic) bond motifs is 2. The number of benzene rings is 1. The Labute approximate surface area is 165 Å². The largest absolute Gasteiger partial charge is 0.0808 e. The molecule has 2 saturated carbocycles. The van der Waals surface area contributed by atoms with Gasteiger partial charge in [-0.1, -0.05) is 98.5 Å². The molecule has 0 nitrogen and oxygen atoms in total. The molecule has 1 aromatic rings. The first kappa shape index (κ1) is 17.5. The molecule has 5 rings (SSSR count). The molecule has 0 spiro atoms. The Balaban J connectivity index is 1.51. The Morgan fingerprint density at radius 1 is 0.704 bits per heavy atom. The van der Waals surface area contributed by atoms with Crippen LogP contribution in [0.15, 0.2) is 78.9 Å². The van der Waals surface area contributed by atoms with Crippen molar-refractivity contribution in [1.29, 1.82) is 0 Å². The third kappa shape index (κ3) is 2.86. The molecule has 0 aliphatic heterocycles. The first-order chi connectivity index (χ1) is 13.2. The zero-order valence-electron chi connectivity index (χ0n) is 16.7. The Hall–Kier alpha value is -1.60. The third-order valence-corrected chi connectivity index (χ3v) is 13.4. The van der Waals surface area contributed by atoms with Crippen LogP contribution in [-0.4, -0.2) is 8.07 Å². The van der Waals surface area contributed by atoms with Crippen LogP contribution in [0.25, 0.3) is 0 Å². The molecule has 0 heterocycles. The van der Waals surface area contributed by atoms with Crippen molar-refractivity contribution in [3.63, 3.8) is 0 Å². The highest BCUT2D eigenvalue weighted by molar-refractivity contribution is 6.80. The lowest BCUT2D eigenvalue weighted by Crippen LogP contribution is -2.41. The minimum absolute atomic E-state index is 0.702. The molecule has 0 N–H and O–H groups in total. The van der Waals surface area contributed by atoms with E-state index in [-0.39, 0.29) is 0 Å². The average Bonchev–Trinajstić information content (AvgIpc) is 3.31. The maximum absolute atomic E-state index is 2.73. The van der Waals surface area contributed by atoms with E-state index in [1.807, 2.05) is 0 Å². The zero-order valence-corrected chi connectivity index (χ0v) is 17.7. The van der Waals surface area contributed by atoms with Gasteiger partial charge in [0.15, 0.2) is 0 Å². The van der Waals surface area contributed by atoms with E-state index in [1.165, 1.54) is 19.3 Å². The first-order valence-electron chi connectivity index (χ1n) is 10.9. The molecule has 1 aromatic carbocycles. The van der Waals surface area contributed by atoms with Gasteiger partial charge in [-0.3, -0.25) is 0 Å². The fourth-order valence-electron chi connectivity index (χ4n) is 7.00. The van der Waals surface area contributed by atoms with Crippen molar-refractivity contribution in [2.45, 2.75) is 49.4 Å². The SMILES string of the molecule is C[Si](C)(C1CCC2C=CC=CC21)C1CC2C=CC=CC2C1c1ccccc1. The summed E-state index contributed by atoms with van der Waals surface area (Å²) in [7, 11) is -1.43. The summed E-state index contributed by atoms with van der Waals surface area (Å²) in [4.78, 5) is 0. The van der Waals surface area contributed by atoms with Crippen LogP contribution in [0.4, 0.5) is 0 Å². The van der Waals surface area contributed by atoms with Gasteiger partial charge in [0.05, 0.1) is 8.07 Å². The second kappa shape index (κ2) is 6.78. The van der Waals surface area contributed by atoms with E-state index in [0.717, 1.165) is 28.8 Å². The van der Waals surface area contributed by atoms with Crippen LogP contribution in [0.1, 0.15) is 30.7 Å². The van der Waals surface area contributed by atoms with Gasteiger partial charge in [0.25, 0.3) is 0 Å². The molecule has 0 radical (unpaired) electrons. The van der Waals surface area contributed by atoms with Crippen molar-refractivity contribution in [3.8, 4) is 0 Å². The summed E-state index contributed by atoms with van der Waals surface area (Å²) in [5.41, 5.74) is 3.41. The second-order valence-corrected chi connectivity index (χ2v) is 14.9. The average molecular weight is 373 g/mol. The standard InChI is InChI=1S/C26H32Si/c1-27(2,24-17-16-19-10-6-8-14-22(19)24)25-18-21-13-7-9-15-23(21)26(25)20-11-4-3-5-12-20/h3-15,19,21-26H,16-18H2,1-2H3. The molecule has 0 saturated heterocycles. The Morgan fingerprint density at radius 3 is 2.15 bits per heavy atom. The monoisotopic (exact) mass is 372 g/mol. The van der Waals surface area contributed by atoms with Crippen LogP contribution >= 0.6 is 0 Å². The van der Waals surface area contributed by atoms with E-state index in [2.05, 4.69) is 92.0 Å². The Kier molecular flexibility index (Phi) is 4.39. The third-order valence-electron chi connectivity index (χ3n) is 8.34. The number of hydrogen-bond donors (Lipinski definition) is 0. The minimum Gasteiger partial charge on any atom is -0.0808 e. The van der Waals surface area contributed by atoms with E-state index in [1.54, 1.807) is 5.56 Å². The molecule has 1 heteroatoms. The van der Waals surface area contributed by atoms with E-state index in [4.69, 9.17) is 0 Å². The Morgan fingerprint density at radius 2 is 1.37 bits per heavy atom. The quantitative estimate of drug-likeness (QED) is 0.495. The van der Waals surface area contributed by atoms with Crippen molar-refractivity contribution in [1.82, 2.24) is 0 Å². The molecule has 2 fully saturated rings. The summed E-state index contributed by atoms with van der Waals surface area (Å²) in [6.07, 6.45) is 23.5. The van der Waals surface area contributed by atoms with Gasteiger partial charge >= 0.3 is 0 Å². The van der Waals surface area contributed by atoms with Gasteiger partial charge in [-0.05, 0) is 59.1 Å². The minimum atomic E-state index is -1.43. The fraction of sp³-hybridized carbons (Fsp3) is 0.462. The van der Waals surface area contributed by atoms with Gasteiger partial charge in [-0.25, -0.2) is 0 Å². The normalized spacial score (nSPS) is 39.6. The molecule has 4 aliphatic rings. The van der Waals surface area contributed by atoms with Crippen LogP contribution in [-0.2, 0) is 0 Å². The summed E-state index contributed by atoms with van der Waals surface area (Å²) < 4.78 is 0. The van der Waals surface area contributed by atoms with Gasteiger partial charge in [0.2, 0.25) is 0 Å². The van der Waals surface area contributed by atoms with Crippen LogP contribution in [0.3, 0.4) is 0 Å². The highest BCUT2D eigenvalue weighted by Gasteiger charge is 2.54. The van der Waals surface area contributed by atoms with Crippen molar-refractivity contribution < 1.29 is 0 Å². The second-order valence-electron chi connectivity index (χ2n) is 9.81. The Bertz CT molecular complexity index is 797. The molecule has 0 aromatic heterocycles. The molecule has 0 amide bonds.